The van der Waals surface area contributed by atoms with Crippen molar-refractivity contribution in [3.63, 3.8) is 0 Å². The lowest BCUT2D eigenvalue weighted by atomic mass is 9.78. The molecule has 0 aromatic rings. The van der Waals surface area contributed by atoms with Gasteiger partial charge in [-0.1, -0.05) is 41.5 Å². The van der Waals surface area contributed by atoms with E-state index < -0.39 is 0 Å². The first kappa shape index (κ1) is 11.0. The standard InChI is InChI=1S/C10H22O/c1-7(2)8(3)9(11)10(4,5)6/h7-9,11H,1-6H3. The minimum absolute atomic E-state index is 0.0175. The molecule has 0 rings (SSSR count). The first-order valence-electron chi connectivity index (χ1n) is 4.45. The average molecular weight is 158 g/mol. The van der Waals surface area contributed by atoms with Crippen molar-refractivity contribution in [2.45, 2.75) is 47.6 Å². The van der Waals surface area contributed by atoms with Crippen molar-refractivity contribution in [3.8, 4) is 0 Å². The van der Waals surface area contributed by atoms with Crippen molar-refractivity contribution in [2.75, 3.05) is 0 Å². The lowest BCUT2D eigenvalue weighted by Crippen LogP contribution is -2.34. The summed E-state index contributed by atoms with van der Waals surface area (Å²) < 4.78 is 0. The number of rotatable bonds is 2. The zero-order valence-electron chi connectivity index (χ0n) is 8.68. The van der Waals surface area contributed by atoms with Gasteiger partial charge < -0.3 is 5.11 Å². The topological polar surface area (TPSA) is 20.2 Å². The van der Waals surface area contributed by atoms with Gasteiger partial charge in [0.25, 0.3) is 0 Å². The van der Waals surface area contributed by atoms with Crippen LogP contribution in [0.15, 0.2) is 0 Å². The summed E-state index contributed by atoms with van der Waals surface area (Å²) in [5.41, 5.74) is 0.0175. The molecule has 0 spiro atoms. The maximum atomic E-state index is 9.82. The highest BCUT2D eigenvalue weighted by molar-refractivity contribution is 4.78. The van der Waals surface area contributed by atoms with Crippen LogP contribution < -0.4 is 0 Å². The molecule has 11 heavy (non-hydrogen) atoms. The molecule has 2 unspecified atom stereocenters. The molecular weight excluding hydrogens is 136 g/mol. The highest BCUT2D eigenvalue weighted by Gasteiger charge is 2.28. The molecule has 0 saturated carbocycles. The molecule has 0 aromatic heterocycles. The summed E-state index contributed by atoms with van der Waals surface area (Å²) in [4.78, 5) is 0. The monoisotopic (exact) mass is 158 g/mol. The summed E-state index contributed by atoms with van der Waals surface area (Å²) in [5, 5.41) is 9.82. The smallest absolute Gasteiger partial charge is 0.0616 e. The fraction of sp³-hybridized carbons (Fsp3) is 1.00. The van der Waals surface area contributed by atoms with Gasteiger partial charge in [0, 0.05) is 0 Å². The molecule has 1 heteroatoms. The lowest BCUT2D eigenvalue weighted by Gasteiger charge is -2.33. The minimum atomic E-state index is -0.192. The number of hydrogen-bond donors (Lipinski definition) is 1. The van der Waals surface area contributed by atoms with E-state index >= 15 is 0 Å². The van der Waals surface area contributed by atoms with Crippen LogP contribution in [-0.4, -0.2) is 11.2 Å². The van der Waals surface area contributed by atoms with Crippen LogP contribution in [0, 0.1) is 17.3 Å². The Labute approximate surface area is 70.8 Å². The van der Waals surface area contributed by atoms with Crippen LogP contribution in [0.3, 0.4) is 0 Å². The largest absolute Gasteiger partial charge is 0.392 e. The van der Waals surface area contributed by atoms with Gasteiger partial charge in [0.1, 0.15) is 0 Å². The third kappa shape index (κ3) is 3.24. The molecule has 0 aromatic carbocycles. The third-order valence-corrected chi connectivity index (χ3v) is 2.44. The van der Waals surface area contributed by atoms with E-state index in [4.69, 9.17) is 0 Å². The van der Waals surface area contributed by atoms with E-state index in [1.54, 1.807) is 0 Å². The Morgan fingerprint density at radius 3 is 1.45 bits per heavy atom. The molecule has 0 saturated heterocycles. The first-order valence-corrected chi connectivity index (χ1v) is 4.45. The summed E-state index contributed by atoms with van der Waals surface area (Å²) in [5.74, 6) is 0.944. The van der Waals surface area contributed by atoms with Crippen molar-refractivity contribution < 1.29 is 5.11 Å². The Morgan fingerprint density at radius 1 is 1.00 bits per heavy atom. The van der Waals surface area contributed by atoms with Crippen LogP contribution in [0.25, 0.3) is 0 Å². The molecule has 0 aliphatic carbocycles. The minimum Gasteiger partial charge on any atom is -0.392 e. The van der Waals surface area contributed by atoms with Gasteiger partial charge in [-0.3, -0.25) is 0 Å². The van der Waals surface area contributed by atoms with E-state index in [9.17, 15) is 5.11 Å². The van der Waals surface area contributed by atoms with Crippen LogP contribution in [0.5, 0.6) is 0 Å². The SMILES string of the molecule is CC(C)C(C)C(O)C(C)(C)C. The molecule has 2 atom stereocenters. The van der Waals surface area contributed by atoms with E-state index in [0.29, 0.717) is 11.8 Å². The molecule has 0 fully saturated rings. The van der Waals surface area contributed by atoms with Gasteiger partial charge in [-0.25, -0.2) is 0 Å². The van der Waals surface area contributed by atoms with Crippen LogP contribution in [0.4, 0.5) is 0 Å². The second-order valence-electron chi connectivity index (χ2n) is 4.91. The van der Waals surface area contributed by atoms with Gasteiger partial charge >= 0.3 is 0 Å². The van der Waals surface area contributed by atoms with E-state index in [1.807, 2.05) is 0 Å². The van der Waals surface area contributed by atoms with Crippen molar-refractivity contribution >= 4 is 0 Å². The Kier molecular flexibility index (Phi) is 3.56. The number of aliphatic hydroxyl groups excluding tert-OH is 1. The normalized spacial score (nSPS) is 18.5. The molecule has 1 nitrogen and oxygen atoms in total. The Morgan fingerprint density at radius 2 is 1.36 bits per heavy atom. The van der Waals surface area contributed by atoms with Crippen LogP contribution in [0.2, 0.25) is 0 Å². The van der Waals surface area contributed by atoms with Crippen molar-refractivity contribution in [2.24, 2.45) is 17.3 Å². The van der Waals surface area contributed by atoms with Crippen molar-refractivity contribution in [1.29, 1.82) is 0 Å². The Balaban J connectivity index is 4.13. The predicted molar refractivity (Wildman–Crippen MR) is 49.5 cm³/mol. The second kappa shape index (κ2) is 3.57. The zero-order valence-corrected chi connectivity index (χ0v) is 8.68. The van der Waals surface area contributed by atoms with Crippen molar-refractivity contribution in [3.05, 3.63) is 0 Å². The van der Waals surface area contributed by atoms with Crippen LogP contribution in [-0.2, 0) is 0 Å². The summed E-state index contributed by atoms with van der Waals surface area (Å²) in [7, 11) is 0. The van der Waals surface area contributed by atoms with Crippen LogP contribution in [0.1, 0.15) is 41.5 Å². The molecule has 0 radical (unpaired) electrons. The predicted octanol–water partition coefficient (Wildman–Crippen LogP) is 2.69. The van der Waals surface area contributed by atoms with Crippen molar-refractivity contribution in [1.82, 2.24) is 0 Å². The maximum absolute atomic E-state index is 9.82. The molecule has 0 aliphatic rings. The van der Waals surface area contributed by atoms with E-state index in [0.717, 1.165) is 0 Å². The van der Waals surface area contributed by atoms with Crippen LogP contribution >= 0.6 is 0 Å². The lowest BCUT2D eigenvalue weighted by molar-refractivity contribution is 0.00182. The molecule has 0 bridgehead atoms. The summed E-state index contributed by atoms with van der Waals surface area (Å²) >= 11 is 0. The Bertz CT molecular complexity index is 111. The van der Waals surface area contributed by atoms with Gasteiger partial charge in [-0.2, -0.15) is 0 Å². The third-order valence-electron chi connectivity index (χ3n) is 2.44. The van der Waals surface area contributed by atoms with E-state index in [1.165, 1.54) is 0 Å². The summed E-state index contributed by atoms with van der Waals surface area (Å²) in [6, 6.07) is 0. The molecule has 0 amide bonds. The molecule has 0 heterocycles. The fourth-order valence-electron chi connectivity index (χ4n) is 1.15. The Hall–Kier alpha value is -0.0400. The van der Waals surface area contributed by atoms with Gasteiger partial charge in [-0.15, -0.1) is 0 Å². The quantitative estimate of drug-likeness (QED) is 0.655. The molecule has 1 N–H and O–H groups in total. The van der Waals surface area contributed by atoms with E-state index in [-0.39, 0.29) is 11.5 Å². The maximum Gasteiger partial charge on any atom is 0.0616 e. The number of hydrogen-bond acceptors (Lipinski definition) is 1. The molecular formula is C10H22O. The second-order valence-corrected chi connectivity index (χ2v) is 4.91. The number of aliphatic hydroxyl groups is 1. The van der Waals surface area contributed by atoms with Gasteiger partial charge in [0.05, 0.1) is 6.10 Å². The first-order chi connectivity index (χ1) is 4.76. The highest BCUT2D eigenvalue weighted by Crippen LogP contribution is 2.28. The van der Waals surface area contributed by atoms with Gasteiger partial charge in [-0.05, 0) is 17.3 Å². The highest BCUT2D eigenvalue weighted by atomic mass is 16.3. The zero-order chi connectivity index (χ0) is 9.23. The van der Waals surface area contributed by atoms with Gasteiger partial charge in [0.2, 0.25) is 0 Å². The fourth-order valence-corrected chi connectivity index (χ4v) is 1.15. The van der Waals surface area contributed by atoms with E-state index in [2.05, 4.69) is 41.5 Å². The average Bonchev–Trinajstić information content (AvgIpc) is 1.82. The molecule has 68 valence electrons. The summed E-state index contributed by atoms with van der Waals surface area (Å²) in [6.07, 6.45) is -0.192. The molecule has 0 aliphatic heterocycles. The summed E-state index contributed by atoms with van der Waals surface area (Å²) in [6.45, 7) is 12.7. The van der Waals surface area contributed by atoms with Gasteiger partial charge in [0.15, 0.2) is 0 Å².